The van der Waals surface area contributed by atoms with E-state index >= 15 is 0 Å². The van der Waals surface area contributed by atoms with Gasteiger partial charge in [0.05, 0.1) is 4.91 Å². The van der Waals surface area contributed by atoms with E-state index < -0.39 is 17.1 Å². The zero-order valence-corrected chi connectivity index (χ0v) is 15.3. The molecule has 3 amide bonds. The largest absolute Gasteiger partial charge is 0.325 e. The average molecular weight is 366 g/mol. The van der Waals surface area contributed by atoms with Gasteiger partial charge in [0.25, 0.3) is 11.1 Å². The molecule has 0 atom stereocenters. The molecule has 0 radical (unpaired) electrons. The van der Waals surface area contributed by atoms with Crippen LogP contribution in [0.4, 0.5) is 10.5 Å². The standard InChI is InChI=1S/C20H18N2O3S/c1-13-8-9-16(10-14(13)2)21-18(23)12-22-19(24)17(26-20(22)25)11-15-6-4-3-5-7-15/h3-11H,12H2,1-2H3,(H,21,23)/b17-11-. The van der Waals surface area contributed by atoms with Crippen molar-refractivity contribution in [3.63, 3.8) is 0 Å². The summed E-state index contributed by atoms with van der Waals surface area (Å²) >= 11 is 0.848. The Balaban J connectivity index is 1.68. The van der Waals surface area contributed by atoms with Gasteiger partial charge in [0, 0.05) is 5.69 Å². The van der Waals surface area contributed by atoms with E-state index in [0.29, 0.717) is 10.6 Å². The molecule has 1 fully saturated rings. The van der Waals surface area contributed by atoms with Crippen LogP contribution in [0.15, 0.2) is 53.4 Å². The van der Waals surface area contributed by atoms with E-state index in [4.69, 9.17) is 0 Å². The number of hydrogen-bond donors (Lipinski definition) is 1. The minimum absolute atomic E-state index is 0.302. The molecule has 5 nitrogen and oxygen atoms in total. The minimum Gasteiger partial charge on any atom is -0.325 e. The number of thioether (sulfide) groups is 1. The first kappa shape index (κ1) is 17.9. The topological polar surface area (TPSA) is 66.5 Å². The monoisotopic (exact) mass is 366 g/mol. The molecule has 0 bridgehead atoms. The number of anilines is 1. The van der Waals surface area contributed by atoms with E-state index in [9.17, 15) is 14.4 Å². The number of carbonyl (C=O) groups is 3. The van der Waals surface area contributed by atoms with Crippen molar-refractivity contribution in [1.82, 2.24) is 4.90 Å². The van der Waals surface area contributed by atoms with Crippen LogP contribution >= 0.6 is 11.8 Å². The van der Waals surface area contributed by atoms with Crippen molar-refractivity contribution in [3.8, 4) is 0 Å². The second-order valence-electron chi connectivity index (χ2n) is 6.03. The summed E-state index contributed by atoms with van der Waals surface area (Å²) in [5.41, 5.74) is 3.65. The van der Waals surface area contributed by atoms with Gasteiger partial charge in [-0.25, -0.2) is 0 Å². The Bertz CT molecular complexity index is 907. The molecule has 6 heteroatoms. The van der Waals surface area contributed by atoms with Gasteiger partial charge in [-0.2, -0.15) is 0 Å². The quantitative estimate of drug-likeness (QED) is 0.831. The summed E-state index contributed by atoms with van der Waals surface area (Å²) in [6, 6.07) is 14.8. The van der Waals surface area contributed by atoms with Crippen LogP contribution < -0.4 is 5.32 Å². The van der Waals surface area contributed by atoms with E-state index in [1.54, 1.807) is 12.1 Å². The second-order valence-corrected chi connectivity index (χ2v) is 7.02. The molecule has 132 valence electrons. The molecule has 1 N–H and O–H groups in total. The van der Waals surface area contributed by atoms with Gasteiger partial charge in [-0.3, -0.25) is 19.3 Å². The number of nitrogens with zero attached hydrogens (tertiary/aromatic N) is 1. The second kappa shape index (κ2) is 7.58. The summed E-state index contributed by atoms with van der Waals surface area (Å²) in [5, 5.41) is 2.29. The van der Waals surface area contributed by atoms with Crippen LogP contribution in [0, 0.1) is 13.8 Å². The molecule has 1 aliphatic rings. The van der Waals surface area contributed by atoms with Crippen molar-refractivity contribution < 1.29 is 14.4 Å². The van der Waals surface area contributed by atoms with E-state index in [2.05, 4.69) is 5.32 Å². The SMILES string of the molecule is Cc1ccc(NC(=O)CN2C(=O)S/C(=C\c3ccccc3)C2=O)cc1C. The molecule has 0 spiro atoms. The number of rotatable bonds is 4. The van der Waals surface area contributed by atoms with Gasteiger partial charge in [-0.1, -0.05) is 36.4 Å². The first-order chi connectivity index (χ1) is 12.4. The Morgan fingerprint density at radius 2 is 1.81 bits per heavy atom. The number of nitrogens with one attached hydrogen (secondary N) is 1. The average Bonchev–Trinajstić information content (AvgIpc) is 2.86. The van der Waals surface area contributed by atoms with E-state index in [1.165, 1.54) is 0 Å². The first-order valence-electron chi connectivity index (χ1n) is 8.11. The molecule has 0 saturated carbocycles. The highest BCUT2D eigenvalue weighted by molar-refractivity contribution is 8.18. The van der Waals surface area contributed by atoms with Gasteiger partial charge >= 0.3 is 0 Å². The van der Waals surface area contributed by atoms with Gasteiger partial charge in [0.2, 0.25) is 5.91 Å². The van der Waals surface area contributed by atoms with E-state index in [-0.39, 0.29) is 6.54 Å². The number of hydrogen-bond acceptors (Lipinski definition) is 4. The molecule has 3 rings (SSSR count). The van der Waals surface area contributed by atoms with Crippen molar-refractivity contribution in [2.24, 2.45) is 0 Å². The molecule has 2 aromatic carbocycles. The lowest BCUT2D eigenvalue weighted by atomic mass is 10.1. The maximum atomic E-state index is 12.4. The van der Waals surface area contributed by atoms with Crippen molar-refractivity contribution in [3.05, 3.63) is 70.1 Å². The molecule has 0 aromatic heterocycles. The maximum absolute atomic E-state index is 12.4. The smallest absolute Gasteiger partial charge is 0.294 e. The Hall–Kier alpha value is -2.86. The molecule has 1 saturated heterocycles. The molecule has 1 heterocycles. The Labute approximate surface area is 156 Å². The Morgan fingerprint density at radius 1 is 1.08 bits per heavy atom. The van der Waals surface area contributed by atoms with Gasteiger partial charge in [-0.15, -0.1) is 0 Å². The molecular weight excluding hydrogens is 348 g/mol. The zero-order chi connectivity index (χ0) is 18.7. The van der Waals surface area contributed by atoms with Gasteiger partial charge < -0.3 is 5.32 Å². The van der Waals surface area contributed by atoms with Crippen LogP contribution in [0.5, 0.6) is 0 Å². The Kier molecular flexibility index (Phi) is 5.23. The summed E-state index contributed by atoms with van der Waals surface area (Å²) < 4.78 is 0. The highest BCUT2D eigenvalue weighted by Crippen LogP contribution is 2.32. The van der Waals surface area contributed by atoms with Gasteiger partial charge in [0.1, 0.15) is 6.54 Å². The normalized spacial score (nSPS) is 15.6. The van der Waals surface area contributed by atoms with Crippen molar-refractivity contribution >= 4 is 40.6 Å². The third kappa shape index (κ3) is 4.03. The minimum atomic E-state index is -0.445. The van der Waals surface area contributed by atoms with Crippen LogP contribution in [0.3, 0.4) is 0 Å². The number of amides is 3. The van der Waals surface area contributed by atoms with Crippen LogP contribution in [0.25, 0.3) is 6.08 Å². The van der Waals surface area contributed by atoms with Crippen molar-refractivity contribution in [1.29, 1.82) is 0 Å². The third-order valence-corrected chi connectivity index (χ3v) is 4.97. The Morgan fingerprint density at radius 3 is 2.50 bits per heavy atom. The molecule has 26 heavy (non-hydrogen) atoms. The van der Waals surface area contributed by atoms with Crippen LogP contribution in [-0.2, 0) is 9.59 Å². The van der Waals surface area contributed by atoms with Crippen LogP contribution in [0.1, 0.15) is 16.7 Å². The predicted octanol–water partition coefficient (Wildman–Crippen LogP) is 3.98. The molecule has 1 aliphatic heterocycles. The number of imide groups is 1. The molecular formula is C20H18N2O3S. The van der Waals surface area contributed by atoms with Gasteiger partial charge in [-0.05, 0) is 60.5 Å². The number of aryl methyl sites for hydroxylation is 2. The van der Waals surface area contributed by atoms with Crippen molar-refractivity contribution in [2.45, 2.75) is 13.8 Å². The summed E-state index contributed by atoms with van der Waals surface area (Å²) in [6.07, 6.45) is 1.66. The molecule has 0 aliphatic carbocycles. The number of carbonyl (C=O) groups excluding carboxylic acids is 3. The van der Waals surface area contributed by atoms with E-state index in [0.717, 1.165) is 33.4 Å². The lowest BCUT2D eigenvalue weighted by Gasteiger charge is -2.13. The zero-order valence-electron chi connectivity index (χ0n) is 14.5. The summed E-state index contributed by atoms with van der Waals surface area (Å²) in [6.45, 7) is 3.64. The number of benzene rings is 2. The predicted molar refractivity (Wildman–Crippen MR) is 104 cm³/mol. The highest BCUT2D eigenvalue weighted by Gasteiger charge is 2.36. The van der Waals surface area contributed by atoms with Crippen LogP contribution in [-0.4, -0.2) is 28.5 Å². The summed E-state index contributed by atoms with van der Waals surface area (Å²) in [5.74, 6) is -0.851. The fraction of sp³-hybridized carbons (Fsp3) is 0.150. The summed E-state index contributed by atoms with van der Waals surface area (Å²) in [4.78, 5) is 38.1. The van der Waals surface area contributed by atoms with E-state index in [1.807, 2.05) is 56.3 Å². The van der Waals surface area contributed by atoms with Gasteiger partial charge in [0.15, 0.2) is 0 Å². The summed E-state index contributed by atoms with van der Waals surface area (Å²) in [7, 11) is 0. The first-order valence-corrected chi connectivity index (χ1v) is 8.93. The van der Waals surface area contributed by atoms with Crippen molar-refractivity contribution in [2.75, 3.05) is 11.9 Å². The highest BCUT2D eigenvalue weighted by atomic mass is 32.2. The fourth-order valence-electron chi connectivity index (χ4n) is 2.50. The van der Waals surface area contributed by atoms with Crippen LogP contribution in [0.2, 0.25) is 0 Å². The lowest BCUT2D eigenvalue weighted by Crippen LogP contribution is -2.36. The third-order valence-electron chi connectivity index (χ3n) is 4.06. The lowest BCUT2D eigenvalue weighted by molar-refractivity contribution is -0.127. The molecule has 0 unspecified atom stereocenters. The fourth-order valence-corrected chi connectivity index (χ4v) is 3.34. The molecule has 2 aromatic rings. The maximum Gasteiger partial charge on any atom is 0.294 e.